The minimum Gasteiger partial charge on any atom is -0.493 e. The third kappa shape index (κ3) is 4.38. The zero-order chi connectivity index (χ0) is 20.1. The molecule has 1 amide bonds. The van der Waals surface area contributed by atoms with Crippen LogP contribution in [0.2, 0.25) is 0 Å². The number of carbonyl (C=O) groups excluding carboxylic acids is 1. The zero-order valence-electron chi connectivity index (χ0n) is 15.8. The van der Waals surface area contributed by atoms with E-state index < -0.39 is 10.8 Å². The maximum atomic E-state index is 12.7. The molecule has 0 atom stereocenters. The Kier molecular flexibility index (Phi) is 6.40. The lowest BCUT2D eigenvalue weighted by Gasteiger charge is -2.18. The molecule has 3 rings (SSSR count). The van der Waals surface area contributed by atoms with Crippen LogP contribution in [0.25, 0.3) is 0 Å². The molecule has 0 spiro atoms. The number of benzene rings is 1. The first kappa shape index (κ1) is 20.0. The Balaban J connectivity index is 1.83. The summed E-state index contributed by atoms with van der Waals surface area (Å²) in [7, 11) is 1.41. The van der Waals surface area contributed by atoms with Crippen LogP contribution in [0.3, 0.4) is 0 Å². The van der Waals surface area contributed by atoms with E-state index in [-0.39, 0.29) is 22.7 Å². The molecule has 0 bridgehead atoms. The normalized spacial score (nSPS) is 14.5. The number of nitrogens with one attached hydrogen (secondary N) is 1. The Labute approximate surface area is 166 Å². The number of anilines is 1. The molecule has 1 aromatic carbocycles. The first-order valence-corrected chi connectivity index (χ1v) is 9.99. The molecule has 0 aliphatic heterocycles. The topological polar surface area (TPSA) is 116 Å². The Hall–Kier alpha value is -2.75. The number of nitro groups is 1. The van der Waals surface area contributed by atoms with E-state index in [0.717, 1.165) is 17.8 Å². The maximum Gasteiger partial charge on any atom is 0.286 e. The van der Waals surface area contributed by atoms with Gasteiger partial charge >= 0.3 is 0 Å². The summed E-state index contributed by atoms with van der Waals surface area (Å²) in [6, 6.07) is 2.51. The van der Waals surface area contributed by atoms with E-state index in [0.29, 0.717) is 17.7 Å². The van der Waals surface area contributed by atoms with Gasteiger partial charge in [-0.15, -0.1) is 10.2 Å². The lowest BCUT2D eigenvalue weighted by molar-refractivity contribution is -0.385. The van der Waals surface area contributed by atoms with Crippen molar-refractivity contribution in [1.82, 2.24) is 10.2 Å². The highest BCUT2D eigenvalue weighted by Crippen LogP contribution is 2.37. The van der Waals surface area contributed by atoms with Gasteiger partial charge in [-0.05, 0) is 19.8 Å². The lowest BCUT2D eigenvalue weighted by Crippen LogP contribution is -2.14. The number of hydrogen-bond acceptors (Lipinski definition) is 8. The van der Waals surface area contributed by atoms with E-state index in [9.17, 15) is 14.9 Å². The molecule has 1 aliphatic rings. The fraction of sp³-hybridized carbons (Fsp3) is 0.500. The smallest absolute Gasteiger partial charge is 0.286 e. The predicted octanol–water partition coefficient (Wildman–Crippen LogP) is 4.15. The number of hydrogen-bond donors (Lipinski definition) is 1. The van der Waals surface area contributed by atoms with Crippen LogP contribution in [-0.4, -0.2) is 34.7 Å². The largest absolute Gasteiger partial charge is 0.493 e. The van der Waals surface area contributed by atoms with Crippen molar-refractivity contribution in [3.05, 3.63) is 32.8 Å². The summed E-state index contributed by atoms with van der Waals surface area (Å²) < 4.78 is 10.6. The highest BCUT2D eigenvalue weighted by atomic mass is 32.1. The van der Waals surface area contributed by atoms with Gasteiger partial charge in [0.2, 0.25) is 5.13 Å². The van der Waals surface area contributed by atoms with Crippen LogP contribution in [0.5, 0.6) is 11.5 Å². The molecule has 2 aromatic rings. The molecule has 1 aromatic heterocycles. The Morgan fingerprint density at radius 3 is 2.68 bits per heavy atom. The monoisotopic (exact) mass is 406 g/mol. The third-order valence-electron chi connectivity index (χ3n) is 4.64. The summed E-state index contributed by atoms with van der Waals surface area (Å²) in [6.45, 7) is 2.07. The standard InChI is InChI=1S/C18H22N4O5S/c1-3-27-15-10-13(22(24)25)12(9-14(15)26-2)16(23)19-18-21-20-17(28-18)11-7-5-4-6-8-11/h9-11H,3-8H2,1-2H3,(H,19,21,23). The van der Waals surface area contributed by atoms with E-state index >= 15 is 0 Å². The number of ether oxygens (including phenoxy) is 2. The van der Waals surface area contributed by atoms with Crippen LogP contribution < -0.4 is 14.8 Å². The van der Waals surface area contributed by atoms with Crippen molar-refractivity contribution in [1.29, 1.82) is 0 Å². The third-order valence-corrected chi connectivity index (χ3v) is 5.64. The molecule has 0 saturated heterocycles. The van der Waals surface area contributed by atoms with E-state index in [1.165, 1.54) is 49.8 Å². The molecule has 0 unspecified atom stereocenters. The Morgan fingerprint density at radius 2 is 2.04 bits per heavy atom. The van der Waals surface area contributed by atoms with Crippen molar-refractivity contribution in [3.63, 3.8) is 0 Å². The first-order valence-electron chi connectivity index (χ1n) is 9.17. The van der Waals surface area contributed by atoms with Gasteiger partial charge < -0.3 is 9.47 Å². The molecule has 10 heteroatoms. The summed E-state index contributed by atoms with van der Waals surface area (Å²) in [5.74, 6) is 0.192. The van der Waals surface area contributed by atoms with Gasteiger partial charge in [0, 0.05) is 12.0 Å². The van der Waals surface area contributed by atoms with E-state index in [4.69, 9.17) is 9.47 Å². The van der Waals surface area contributed by atoms with Gasteiger partial charge in [-0.3, -0.25) is 20.2 Å². The van der Waals surface area contributed by atoms with Crippen LogP contribution in [0.4, 0.5) is 10.8 Å². The SMILES string of the molecule is CCOc1cc([N+](=O)[O-])c(C(=O)Nc2nnc(C3CCCCC3)s2)cc1OC. The quantitative estimate of drug-likeness (QED) is 0.542. The lowest BCUT2D eigenvalue weighted by atomic mass is 9.90. The summed E-state index contributed by atoms with van der Waals surface area (Å²) in [4.78, 5) is 23.5. The van der Waals surface area contributed by atoms with Crippen molar-refractivity contribution >= 4 is 28.1 Å². The van der Waals surface area contributed by atoms with Gasteiger partial charge in [0.15, 0.2) is 11.5 Å². The number of nitro benzene ring substituents is 1. The minimum absolute atomic E-state index is 0.125. The van der Waals surface area contributed by atoms with E-state index in [1.54, 1.807) is 6.92 Å². The molecule has 1 saturated carbocycles. The van der Waals surface area contributed by atoms with Crippen molar-refractivity contribution < 1.29 is 19.2 Å². The van der Waals surface area contributed by atoms with Crippen molar-refractivity contribution in [2.75, 3.05) is 19.0 Å². The van der Waals surface area contributed by atoms with Crippen LogP contribution in [-0.2, 0) is 0 Å². The average molecular weight is 406 g/mol. The van der Waals surface area contributed by atoms with Gasteiger partial charge in [-0.25, -0.2) is 0 Å². The summed E-state index contributed by atoms with van der Waals surface area (Å²) in [5, 5.41) is 23.5. The second kappa shape index (κ2) is 8.96. The molecule has 9 nitrogen and oxygen atoms in total. The molecular weight excluding hydrogens is 384 g/mol. The zero-order valence-corrected chi connectivity index (χ0v) is 16.6. The summed E-state index contributed by atoms with van der Waals surface area (Å²) >= 11 is 1.32. The van der Waals surface area contributed by atoms with Gasteiger partial charge in [-0.2, -0.15) is 0 Å². The number of rotatable bonds is 7. The summed E-state index contributed by atoms with van der Waals surface area (Å²) in [6.07, 6.45) is 5.73. The average Bonchev–Trinajstić information content (AvgIpc) is 3.17. The fourth-order valence-corrected chi connectivity index (χ4v) is 4.18. The van der Waals surface area contributed by atoms with Crippen LogP contribution in [0.15, 0.2) is 12.1 Å². The van der Waals surface area contributed by atoms with Crippen molar-refractivity contribution in [2.45, 2.75) is 44.9 Å². The van der Waals surface area contributed by atoms with Crippen molar-refractivity contribution in [2.24, 2.45) is 0 Å². The van der Waals surface area contributed by atoms with Gasteiger partial charge in [0.25, 0.3) is 11.6 Å². The van der Waals surface area contributed by atoms with Gasteiger partial charge in [0.05, 0.1) is 24.7 Å². The molecule has 0 radical (unpaired) electrons. The second-order valence-electron chi connectivity index (χ2n) is 6.44. The van der Waals surface area contributed by atoms with Crippen molar-refractivity contribution in [3.8, 4) is 11.5 Å². The molecule has 1 aliphatic carbocycles. The number of carbonyl (C=O) groups is 1. The molecular formula is C18H22N4O5S. The number of amides is 1. The van der Waals surface area contributed by atoms with Crippen LogP contribution >= 0.6 is 11.3 Å². The van der Waals surface area contributed by atoms with E-state index in [2.05, 4.69) is 15.5 Å². The fourth-order valence-electron chi connectivity index (χ4n) is 3.27. The van der Waals surface area contributed by atoms with E-state index in [1.807, 2.05) is 0 Å². The highest BCUT2D eigenvalue weighted by molar-refractivity contribution is 7.15. The molecule has 1 N–H and O–H groups in total. The summed E-state index contributed by atoms with van der Waals surface area (Å²) in [5.41, 5.74) is -0.488. The second-order valence-corrected chi connectivity index (χ2v) is 7.45. The minimum atomic E-state index is -0.639. The van der Waals surface area contributed by atoms with Crippen LogP contribution in [0.1, 0.15) is 60.3 Å². The van der Waals surface area contributed by atoms with Gasteiger partial charge in [-0.1, -0.05) is 30.6 Å². The molecule has 1 heterocycles. The Morgan fingerprint density at radius 1 is 1.29 bits per heavy atom. The number of nitrogens with zero attached hydrogens (tertiary/aromatic N) is 3. The number of methoxy groups -OCH3 is 1. The Bertz CT molecular complexity index is 864. The highest BCUT2D eigenvalue weighted by Gasteiger charge is 2.26. The predicted molar refractivity (Wildman–Crippen MR) is 105 cm³/mol. The first-order chi connectivity index (χ1) is 13.5. The van der Waals surface area contributed by atoms with Gasteiger partial charge in [0.1, 0.15) is 10.6 Å². The van der Waals surface area contributed by atoms with Crippen LogP contribution in [0, 0.1) is 10.1 Å². The molecule has 150 valence electrons. The number of aromatic nitrogens is 2. The maximum absolute atomic E-state index is 12.7. The molecule has 28 heavy (non-hydrogen) atoms. The molecule has 1 fully saturated rings.